The van der Waals surface area contributed by atoms with Gasteiger partial charge < -0.3 is 10.4 Å². The van der Waals surface area contributed by atoms with Crippen molar-refractivity contribution < 1.29 is 14.7 Å². The van der Waals surface area contributed by atoms with Crippen LogP contribution in [0.15, 0.2) is 48.5 Å². The third kappa shape index (κ3) is 5.01. The lowest BCUT2D eigenvalue weighted by Crippen LogP contribution is -2.17. The maximum absolute atomic E-state index is 12.1. The Morgan fingerprint density at radius 3 is 2.57 bits per heavy atom. The standard InChI is InChI=1S/C17H16ClNO3S/c1-11(12-5-3-2-4-6-12)23-10-16(20)19-15-9-13(18)7-8-14(15)17(21)22/h2-9,11H,10H2,1H3,(H,19,20)(H,21,22). The second kappa shape index (κ2) is 8.04. The molecule has 0 saturated carbocycles. The molecule has 23 heavy (non-hydrogen) atoms. The number of carboxylic acids is 1. The molecule has 2 N–H and O–H groups in total. The number of hydrogen-bond acceptors (Lipinski definition) is 3. The number of thioether (sulfide) groups is 1. The summed E-state index contributed by atoms with van der Waals surface area (Å²) in [6.45, 7) is 2.02. The molecule has 120 valence electrons. The van der Waals surface area contributed by atoms with Gasteiger partial charge in [-0.15, -0.1) is 11.8 Å². The number of aromatic carboxylic acids is 1. The monoisotopic (exact) mass is 349 g/mol. The molecule has 1 unspecified atom stereocenters. The molecule has 0 fully saturated rings. The Bertz CT molecular complexity index is 706. The Morgan fingerprint density at radius 2 is 1.91 bits per heavy atom. The van der Waals surface area contributed by atoms with Crippen LogP contribution in [0.4, 0.5) is 5.69 Å². The van der Waals surface area contributed by atoms with Gasteiger partial charge in [0.15, 0.2) is 0 Å². The first-order valence-corrected chi connectivity index (χ1v) is 8.39. The van der Waals surface area contributed by atoms with E-state index in [1.54, 1.807) is 0 Å². The Hall–Kier alpha value is -1.98. The fourth-order valence-electron chi connectivity index (χ4n) is 2.01. The minimum Gasteiger partial charge on any atom is -0.478 e. The zero-order valence-corrected chi connectivity index (χ0v) is 14.0. The van der Waals surface area contributed by atoms with Gasteiger partial charge in [-0.05, 0) is 30.7 Å². The molecule has 1 atom stereocenters. The number of amides is 1. The van der Waals surface area contributed by atoms with E-state index < -0.39 is 5.97 Å². The molecule has 2 aromatic carbocycles. The lowest BCUT2D eigenvalue weighted by Gasteiger charge is -2.12. The molecular weight excluding hydrogens is 334 g/mol. The summed E-state index contributed by atoms with van der Waals surface area (Å²) >= 11 is 7.35. The van der Waals surface area contributed by atoms with Crippen molar-refractivity contribution in [1.29, 1.82) is 0 Å². The van der Waals surface area contributed by atoms with Crippen LogP contribution in [0.1, 0.15) is 28.1 Å². The van der Waals surface area contributed by atoms with Gasteiger partial charge in [-0.2, -0.15) is 0 Å². The molecule has 0 aromatic heterocycles. The van der Waals surface area contributed by atoms with Gasteiger partial charge in [0.1, 0.15) is 0 Å². The SMILES string of the molecule is CC(SCC(=O)Nc1cc(Cl)ccc1C(=O)O)c1ccccc1. The number of halogens is 1. The Morgan fingerprint density at radius 1 is 1.22 bits per heavy atom. The van der Waals surface area contributed by atoms with Crippen molar-refractivity contribution in [1.82, 2.24) is 0 Å². The van der Waals surface area contributed by atoms with Crippen LogP contribution in [0.3, 0.4) is 0 Å². The highest BCUT2D eigenvalue weighted by atomic mass is 35.5. The van der Waals surface area contributed by atoms with E-state index in [1.165, 1.54) is 30.0 Å². The summed E-state index contributed by atoms with van der Waals surface area (Å²) in [5, 5.41) is 12.3. The summed E-state index contributed by atoms with van der Waals surface area (Å²) in [5.41, 5.74) is 1.37. The molecule has 0 aliphatic carbocycles. The first kappa shape index (κ1) is 17.4. The van der Waals surface area contributed by atoms with Crippen LogP contribution < -0.4 is 5.32 Å². The van der Waals surface area contributed by atoms with Crippen LogP contribution in [0, 0.1) is 0 Å². The number of hydrogen-bond donors (Lipinski definition) is 2. The van der Waals surface area contributed by atoms with Gasteiger partial charge in [-0.25, -0.2) is 4.79 Å². The van der Waals surface area contributed by atoms with Crippen molar-refractivity contribution in [3.8, 4) is 0 Å². The zero-order chi connectivity index (χ0) is 16.8. The molecule has 0 bridgehead atoms. The summed E-state index contributed by atoms with van der Waals surface area (Å²) in [4.78, 5) is 23.2. The van der Waals surface area contributed by atoms with Gasteiger partial charge in [-0.3, -0.25) is 4.79 Å². The number of benzene rings is 2. The van der Waals surface area contributed by atoms with E-state index >= 15 is 0 Å². The predicted molar refractivity (Wildman–Crippen MR) is 94.4 cm³/mol. The maximum Gasteiger partial charge on any atom is 0.337 e. The number of carbonyl (C=O) groups is 2. The van der Waals surface area contributed by atoms with Gasteiger partial charge in [0.25, 0.3) is 0 Å². The van der Waals surface area contributed by atoms with Crippen molar-refractivity contribution in [2.45, 2.75) is 12.2 Å². The predicted octanol–water partition coefficient (Wildman–Crippen LogP) is 4.47. The smallest absolute Gasteiger partial charge is 0.337 e. The summed E-state index contributed by atoms with van der Waals surface area (Å²) in [5.74, 6) is -1.15. The average molecular weight is 350 g/mol. The highest BCUT2D eigenvalue weighted by Crippen LogP contribution is 2.28. The van der Waals surface area contributed by atoms with E-state index in [-0.39, 0.29) is 28.2 Å². The molecule has 2 aromatic rings. The van der Waals surface area contributed by atoms with E-state index in [0.717, 1.165) is 5.56 Å². The van der Waals surface area contributed by atoms with Gasteiger partial charge in [0.05, 0.1) is 17.0 Å². The lowest BCUT2D eigenvalue weighted by molar-refractivity contribution is -0.113. The molecule has 0 heterocycles. The topological polar surface area (TPSA) is 66.4 Å². The Labute approximate surface area is 143 Å². The van der Waals surface area contributed by atoms with Crippen molar-refractivity contribution in [2.24, 2.45) is 0 Å². The normalized spacial score (nSPS) is 11.7. The van der Waals surface area contributed by atoms with E-state index in [4.69, 9.17) is 16.7 Å². The van der Waals surface area contributed by atoms with Crippen LogP contribution >= 0.6 is 23.4 Å². The van der Waals surface area contributed by atoms with Gasteiger partial charge in [0, 0.05) is 10.3 Å². The maximum atomic E-state index is 12.1. The van der Waals surface area contributed by atoms with Crippen LogP contribution in [-0.2, 0) is 4.79 Å². The van der Waals surface area contributed by atoms with Crippen molar-refractivity contribution in [3.05, 3.63) is 64.7 Å². The zero-order valence-electron chi connectivity index (χ0n) is 12.5. The second-order valence-corrected chi connectivity index (χ2v) is 6.67. The molecule has 0 aliphatic rings. The molecule has 0 spiro atoms. The third-order valence-corrected chi connectivity index (χ3v) is 4.66. The first-order valence-electron chi connectivity index (χ1n) is 6.96. The lowest BCUT2D eigenvalue weighted by atomic mass is 10.2. The quantitative estimate of drug-likeness (QED) is 0.807. The fraction of sp³-hybridized carbons (Fsp3) is 0.176. The number of rotatable bonds is 6. The number of nitrogens with one attached hydrogen (secondary N) is 1. The molecule has 2 rings (SSSR count). The van der Waals surface area contributed by atoms with E-state index in [1.807, 2.05) is 37.3 Å². The van der Waals surface area contributed by atoms with Crippen LogP contribution in [-0.4, -0.2) is 22.7 Å². The average Bonchev–Trinajstić information content (AvgIpc) is 2.53. The van der Waals surface area contributed by atoms with Crippen molar-refractivity contribution in [3.63, 3.8) is 0 Å². The molecule has 0 saturated heterocycles. The minimum absolute atomic E-state index is 0.0175. The molecule has 6 heteroatoms. The third-order valence-electron chi connectivity index (χ3n) is 3.22. The summed E-state index contributed by atoms with van der Waals surface area (Å²) in [7, 11) is 0. The minimum atomic E-state index is -1.11. The second-order valence-electron chi connectivity index (χ2n) is 4.91. The largest absolute Gasteiger partial charge is 0.478 e. The summed E-state index contributed by atoms with van der Waals surface area (Å²) in [6, 6.07) is 14.2. The molecule has 0 radical (unpaired) electrons. The molecule has 1 amide bonds. The Balaban J connectivity index is 1.98. The van der Waals surface area contributed by atoms with Crippen molar-refractivity contribution in [2.75, 3.05) is 11.1 Å². The first-order chi connectivity index (χ1) is 11.0. The van der Waals surface area contributed by atoms with Gasteiger partial charge in [0.2, 0.25) is 5.91 Å². The summed E-state index contributed by atoms with van der Waals surface area (Å²) < 4.78 is 0. The Kier molecular flexibility index (Phi) is 6.07. The highest BCUT2D eigenvalue weighted by Gasteiger charge is 2.14. The summed E-state index contributed by atoms with van der Waals surface area (Å²) in [6.07, 6.45) is 0. The number of carbonyl (C=O) groups excluding carboxylic acids is 1. The molecular formula is C17H16ClNO3S. The van der Waals surface area contributed by atoms with Crippen LogP contribution in [0.2, 0.25) is 5.02 Å². The van der Waals surface area contributed by atoms with Crippen LogP contribution in [0.25, 0.3) is 0 Å². The fourth-order valence-corrected chi connectivity index (χ4v) is 3.01. The van der Waals surface area contributed by atoms with Gasteiger partial charge in [-0.1, -0.05) is 41.9 Å². The van der Waals surface area contributed by atoms with E-state index in [0.29, 0.717) is 5.02 Å². The van der Waals surface area contributed by atoms with Crippen LogP contribution in [0.5, 0.6) is 0 Å². The van der Waals surface area contributed by atoms with Gasteiger partial charge >= 0.3 is 5.97 Å². The van der Waals surface area contributed by atoms with E-state index in [9.17, 15) is 9.59 Å². The van der Waals surface area contributed by atoms with Crippen molar-refractivity contribution >= 4 is 40.9 Å². The highest BCUT2D eigenvalue weighted by molar-refractivity contribution is 8.00. The molecule has 0 aliphatic heterocycles. The number of anilines is 1. The number of carboxylic acid groups (broad SMARTS) is 1. The van der Waals surface area contributed by atoms with E-state index in [2.05, 4.69) is 5.32 Å². The molecule has 4 nitrogen and oxygen atoms in total.